The molecule has 4 rings (SSSR count). The summed E-state index contributed by atoms with van der Waals surface area (Å²) >= 11 is 0. The summed E-state index contributed by atoms with van der Waals surface area (Å²) in [5.74, 6) is 0.960. The van der Waals surface area contributed by atoms with Gasteiger partial charge in [0.05, 0.1) is 16.6 Å². The summed E-state index contributed by atoms with van der Waals surface area (Å²) < 4.78 is 1.73. The molecule has 0 atom stereocenters. The largest absolute Gasteiger partial charge is 0.355 e. The number of aromatic nitrogens is 4. The normalized spacial score (nSPS) is 15.5. The van der Waals surface area contributed by atoms with E-state index in [2.05, 4.69) is 31.8 Å². The quantitative estimate of drug-likeness (QED) is 0.716. The maximum Gasteiger partial charge on any atom is 0.326 e. The highest BCUT2D eigenvalue weighted by Gasteiger charge is 2.17. The second-order valence-electron chi connectivity index (χ2n) is 6.40. The van der Waals surface area contributed by atoms with Gasteiger partial charge in [-0.3, -0.25) is 4.57 Å². The monoisotopic (exact) mass is 398 g/mol. The van der Waals surface area contributed by atoms with E-state index >= 15 is 0 Å². The topological polar surface area (TPSA) is 70.1 Å². The number of rotatable bonds is 2. The van der Waals surface area contributed by atoms with Gasteiger partial charge < -0.3 is 14.8 Å². The van der Waals surface area contributed by atoms with Crippen LogP contribution in [0.2, 0.25) is 0 Å². The maximum absolute atomic E-state index is 12.1. The molecule has 0 aliphatic carbocycles. The van der Waals surface area contributed by atoms with Crippen molar-refractivity contribution >= 4 is 52.6 Å². The Bertz CT molecular complexity index is 953. The van der Waals surface area contributed by atoms with E-state index < -0.39 is 0 Å². The molecule has 1 fully saturated rings. The molecule has 0 spiro atoms. The first-order valence-corrected chi connectivity index (χ1v) is 8.48. The molecule has 0 amide bonds. The van der Waals surface area contributed by atoms with Gasteiger partial charge in [-0.1, -0.05) is 0 Å². The molecule has 3 aromatic rings. The van der Waals surface area contributed by atoms with Gasteiger partial charge in [-0.05, 0) is 39.1 Å². The van der Waals surface area contributed by atoms with Crippen molar-refractivity contribution < 1.29 is 0 Å². The zero-order valence-electron chi connectivity index (χ0n) is 14.9. The minimum atomic E-state index is -0.0753. The molecule has 3 heterocycles. The second-order valence-corrected chi connectivity index (χ2v) is 6.40. The van der Waals surface area contributed by atoms with Crippen molar-refractivity contribution in [3.05, 3.63) is 28.9 Å². The fourth-order valence-corrected chi connectivity index (χ4v) is 3.52. The van der Waals surface area contributed by atoms with Gasteiger partial charge in [0.25, 0.3) is 0 Å². The third-order valence-electron chi connectivity index (χ3n) is 4.84. The van der Waals surface area contributed by atoms with Crippen LogP contribution in [0.4, 0.5) is 5.82 Å². The molecular weight excluding hydrogens is 375 g/mol. The predicted octanol–water partition coefficient (Wildman–Crippen LogP) is 2.28. The lowest BCUT2D eigenvalue weighted by Crippen LogP contribution is -2.29. The number of aromatic amines is 1. The minimum Gasteiger partial charge on any atom is -0.355 e. The number of anilines is 1. The van der Waals surface area contributed by atoms with Gasteiger partial charge in [0, 0.05) is 31.6 Å². The van der Waals surface area contributed by atoms with Crippen molar-refractivity contribution in [3.8, 4) is 0 Å². The van der Waals surface area contributed by atoms with Crippen LogP contribution in [0.1, 0.15) is 13.3 Å². The maximum atomic E-state index is 12.1. The van der Waals surface area contributed by atoms with Gasteiger partial charge in [-0.15, -0.1) is 24.8 Å². The Labute approximate surface area is 164 Å². The first kappa shape index (κ1) is 20.5. The van der Waals surface area contributed by atoms with Gasteiger partial charge >= 0.3 is 5.69 Å². The standard InChI is InChI=1S/C17H22N6O.2ClH/c1-3-23-15-10-13-12(9-14(15)20-17(23)24)16(19-11-18-13)22-6-4-5-21(2)7-8-22;;/h9-11H,3-8H2,1-2H3,(H,20,24);2*1H. The van der Waals surface area contributed by atoms with E-state index in [4.69, 9.17) is 0 Å². The van der Waals surface area contributed by atoms with E-state index in [9.17, 15) is 4.79 Å². The van der Waals surface area contributed by atoms with E-state index in [1.807, 2.05) is 19.1 Å². The summed E-state index contributed by atoms with van der Waals surface area (Å²) in [6.07, 6.45) is 2.74. The van der Waals surface area contributed by atoms with Crippen LogP contribution in [-0.4, -0.2) is 57.6 Å². The van der Waals surface area contributed by atoms with Gasteiger partial charge in [-0.2, -0.15) is 0 Å². The fraction of sp³-hybridized carbons (Fsp3) is 0.471. The first-order chi connectivity index (χ1) is 11.7. The summed E-state index contributed by atoms with van der Waals surface area (Å²) in [5, 5.41) is 0.999. The molecule has 7 nitrogen and oxygen atoms in total. The number of hydrogen-bond donors (Lipinski definition) is 1. The molecule has 1 aromatic carbocycles. The van der Waals surface area contributed by atoms with Gasteiger partial charge in [0.2, 0.25) is 0 Å². The average molecular weight is 399 g/mol. The zero-order chi connectivity index (χ0) is 16.7. The van der Waals surface area contributed by atoms with Crippen LogP contribution in [0.3, 0.4) is 0 Å². The molecule has 0 radical (unpaired) electrons. The Kier molecular flexibility index (Phi) is 6.49. The van der Waals surface area contributed by atoms with Crippen molar-refractivity contribution in [1.82, 2.24) is 24.4 Å². The highest BCUT2D eigenvalue weighted by Crippen LogP contribution is 2.27. The lowest BCUT2D eigenvalue weighted by Gasteiger charge is -2.22. The molecule has 0 unspecified atom stereocenters. The molecule has 142 valence electrons. The molecule has 9 heteroatoms. The number of aryl methyl sites for hydroxylation is 1. The number of halogens is 2. The summed E-state index contributed by atoms with van der Waals surface area (Å²) in [6, 6.07) is 4.00. The first-order valence-electron chi connectivity index (χ1n) is 8.48. The van der Waals surface area contributed by atoms with Crippen molar-refractivity contribution in [3.63, 3.8) is 0 Å². The molecule has 0 bridgehead atoms. The van der Waals surface area contributed by atoms with Crippen LogP contribution in [0, 0.1) is 0 Å². The van der Waals surface area contributed by atoms with Crippen molar-refractivity contribution in [2.24, 2.45) is 0 Å². The second kappa shape index (κ2) is 8.24. The molecule has 2 aromatic heterocycles. The van der Waals surface area contributed by atoms with Crippen LogP contribution >= 0.6 is 24.8 Å². The van der Waals surface area contributed by atoms with E-state index in [0.717, 1.165) is 60.4 Å². The minimum absolute atomic E-state index is 0. The summed E-state index contributed by atoms with van der Waals surface area (Å²) in [5.41, 5.74) is 2.55. The van der Waals surface area contributed by atoms with Gasteiger partial charge in [-0.25, -0.2) is 14.8 Å². The Hall–Kier alpha value is -1.83. The average Bonchev–Trinajstić information content (AvgIpc) is 2.73. The van der Waals surface area contributed by atoms with Crippen molar-refractivity contribution in [1.29, 1.82) is 0 Å². The highest BCUT2D eigenvalue weighted by molar-refractivity contribution is 5.98. The zero-order valence-corrected chi connectivity index (χ0v) is 16.6. The Morgan fingerprint density at radius 3 is 2.69 bits per heavy atom. The number of nitrogens with zero attached hydrogens (tertiary/aromatic N) is 5. The lowest BCUT2D eigenvalue weighted by molar-refractivity contribution is 0.360. The van der Waals surface area contributed by atoms with Crippen LogP contribution < -0.4 is 10.6 Å². The fourth-order valence-electron chi connectivity index (χ4n) is 3.52. The lowest BCUT2D eigenvalue weighted by atomic mass is 10.2. The SMILES string of the molecule is CCn1c(=O)[nH]c2cc3c(N4CCCN(C)CC4)ncnc3cc21.Cl.Cl. The molecule has 1 aliphatic heterocycles. The van der Waals surface area contributed by atoms with Gasteiger partial charge in [0.15, 0.2) is 0 Å². The summed E-state index contributed by atoms with van der Waals surface area (Å²) in [4.78, 5) is 28.7. The molecule has 1 saturated heterocycles. The van der Waals surface area contributed by atoms with Crippen LogP contribution in [0.5, 0.6) is 0 Å². The Morgan fingerprint density at radius 1 is 1.12 bits per heavy atom. The number of nitrogens with one attached hydrogen (secondary N) is 1. The van der Waals surface area contributed by atoms with Gasteiger partial charge in [0.1, 0.15) is 12.1 Å². The number of likely N-dealkylation sites (N-methyl/N-ethyl adjacent to an activating group) is 1. The highest BCUT2D eigenvalue weighted by atomic mass is 35.5. The van der Waals surface area contributed by atoms with Crippen LogP contribution in [-0.2, 0) is 6.54 Å². The predicted molar refractivity (Wildman–Crippen MR) is 110 cm³/mol. The number of fused-ring (bicyclic) bond motifs is 2. The summed E-state index contributed by atoms with van der Waals surface area (Å²) in [6.45, 7) is 6.68. The Morgan fingerprint density at radius 2 is 1.92 bits per heavy atom. The van der Waals surface area contributed by atoms with E-state index in [-0.39, 0.29) is 30.5 Å². The molecular formula is C17H24Cl2N6O. The van der Waals surface area contributed by atoms with Crippen LogP contribution in [0.15, 0.2) is 23.3 Å². The molecule has 26 heavy (non-hydrogen) atoms. The smallest absolute Gasteiger partial charge is 0.326 e. The van der Waals surface area contributed by atoms with Crippen molar-refractivity contribution in [2.75, 3.05) is 38.1 Å². The number of H-pyrrole nitrogens is 1. The number of hydrogen-bond acceptors (Lipinski definition) is 5. The van der Waals surface area contributed by atoms with E-state index in [1.54, 1.807) is 10.9 Å². The number of imidazole rings is 1. The summed E-state index contributed by atoms with van der Waals surface area (Å²) in [7, 11) is 2.16. The Balaban J connectivity index is 0.00000121. The van der Waals surface area contributed by atoms with Crippen LogP contribution in [0.25, 0.3) is 21.9 Å². The van der Waals surface area contributed by atoms with Crippen molar-refractivity contribution in [2.45, 2.75) is 19.9 Å². The third kappa shape index (κ3) is 3.51. The molecule has 0 saturated carbocycles. The van der Waals surface area contributed by atoms with E-state index in [1.165, 1.54) is 0 Å². The van der Waals surface area contributed by atoms with E-state index in [0.29, 0.717) is 6.54 Å². The molecule has 1 N–H and O–H groups in total. The third-order valence-corrected chi connectivity index (χ3v) is 4.84. The molecule has 1 aliphatic rings. The number of benzene rings is 1.